The third-order valence-corrected chi connectivity index (χ3v) is 6.34. The number of aryl methyl sites for hydroxylation is 1. The van der Waals surface area contributed by atoms with Crippen molar-refractivity contribution in [2.75, 3.05) is 0 Å². The maximum absolute atomic E-state index is 10.5. The van der Waals surface area contributed by atoms with Gasteiger partial charge in [-0.15, -0.1) is 11.3 Å². The summed E-state index contributed by atoms with van der Waals surface area (Å²) in [6.07, 6.45) is 5.12. The fourth-order valence-corrected chi connectivity index (χ4v) is 5.53. The lowest BCUT2D eigenvalue weighted by atomic mass is 9.84. The zero-order valence-electron chi connectivity index (χ0n) is 9.45. The molecule has 2 fully saturated rings. The standard InChI is InChI=1S/C13H17BrOS/c1-7-4-11(14)13(16-7)12(15)10-6-8-2-3-9(10)5-8/h4,8-10,12,15H,2-3,5-6H2,1H3. The summed E-state index contributed by atoms with van der Waals surface area (Å²) >= 11 is 5.31. The van der Waals surface area contributed by atoms with Gasteiger partial charge in [-0.3, -0.25) is 0 Å². The molecule has 0 amide bonds. The Morgan fingerprint density at radius 3 is 2.75 bits per heavy atom. The van der Waals surface area contributed by atoms with Crippen LogP contribution in [-0.2, 0) is 0 Å². The van der Waals surface area contributed by atoms with Crippen LogP contribution in [0, 0.1) is 24.7 Å². The van der Waals surface area contributed by atoms with E-state index in [1.165, 1.54) is 30.6 Å². The number of aliphatic hydroxyl groups is 1. The summed E-state index contributed by atoms with van der Waals surface area (Å²) in [5.74, 6) is 2.21. The summed E-state index contributed by atoms with van der Waals surface area (Å²) in [5, 5.41) is 10.5. The van der Waals surface area contributed by atoms with E-state index in [0.29, 0.717) is 5.92 Å². The molecule has 2 aliphatic rings. The molecule has 4 atom stereocenters. The van der Waals surface area contributed by atoms with Crippen LogP contribution in [0.5, 0.6) is 0 Å². The fraction of sp³-hybridized carbons (Fsp3) is 0.692. The summed E-state index contributed by atoms with van der Waals surface area (Å²) in [5.41, 5.74) is 0. The number of aliphatic hydroxyl groups excluding tert-OH is 1. The van der Waals surface area contributed by atoms with Crippen LogP contribution in [-0.4, -0.2) is 5.11 Å². The molecule has 1 heterocycles. The maximum atomic E-state index is 10.5. The number of rotatable bonds is 2. The smallest absolute Gasteiger partial charge is 0.0924 e. The van der Waals surface area contributed by atoms with Crippen LogP contribution in [0.15, 0.2) is 10.5 Å². The highest BCUT2D eigenvalue weighted by Crippen LogP contribution is 2.53. The lowest BCUT2D eigenvalue weighted by Crippen LogP contribution is -2.18. The van der Waals surface area contributed by atoms with Crippen molar-refractivity contribution in [3.05, 3.63) is 20.3 Å². The van der Waals surface area contributed by atoms with Gasteiger partial charge in [-0.05, 0) is 65.9 Å². The van der Waals surface area contributed by atoms with Crippen molar-refractivity contribution in [3.63, 3.8) is 0 Å². The number of hydrogen-bond donors (Lipinski definition) is 1. The minimum atomic E-state index is -0.233. The second-order valence-electron chi connectivity index (χ2n) is 5.35. The van der Waals surface area contributed by atoms with Gasteiger partial charge in [-0.25, -0.2) is 0 Å². The van der Waals surface area contributed by atoms with Crippen LogP contribution >= 0.6 is 27.3 Å². The quantitative estimate of drug-likeness (QED) is 0.864. The molecule has 0 aromatic carbocycles. The Labute approximate surface area is 109 Å². The van der Waals surface area contributed by atoms with Crippen LogP contribution < -0.4 is 0 Å². The lowest BCUT2D eigenvalue weighted by molar-refractivity contribution is 0.0769. The van der Waals surface area contributed by atoms with Crippen molar-refractivity contribution in [1.29, 1.82) is 0 Å². The van der Waals surface area contributed by atoms with Crippen LogP contribution in [0.4, 0.5) is 0 Å². The molecular weight excluding hydrogens is 284 g/mol. The number of thiophene rings is 1. The van der Waals surface area contributed by atoms with E-state index in [4.69, 9.17) is 0 Å². The third-order valence-electron chi connectivity index (χ3n) is 4.30. The SMILES string of the molecule is Cc1cc(Br)c(C(O)C2CC3CCC2C3)s1. The molecule has 0 aliphatic heterocycles. The average molecular weight is 301 g/mol. The van der Waals surface area contributed by atoms with Crippen molar-refractivity contribution in [2.24, 2.45) is 17.8 Å². The first-order chi connectivity index (χ1) is 7.65. The molecule has 1 aromatic heterocycles. The molecule has 2 bridgehead atoms. The molecule has 16 heavy (non-hydrogen) atoms. The highest BCUT2D eigenvalue weighted by Gasteiger charge is 2.43. The Kier molecular flexibility index (Phi) is 2.89. The van der Waals surface area contributed by atoms with E-state index >= 15 is 0 Å². The van der Waals surface area contributed by atoms with E-state index in [9.17, 15) is 5.11 Å². The van der Waals surface area contributed by atoms with E-state index in [1.54, 1.807) is 11.3 Å². The first kappa shape index (κ1) is 11.2. The molecule has 88 valence electrons. The minimum Gasteiger partial charge on any atom is -0.387 e. The van der Waals surface area contributed by atoms with E-state index in [0.717, 1.165) is 21.2 Å². The van der Waals surface area contributed by atoms with Gasteiger partial charge in [0.1, 0.15) is 0 Å². The molecule has 0 radical (unpaired) electrons. The Morgan fingerprint density at radius 1 is 1.44 bits per heavy atom. The highest BCUT2D eigenvalue weighted by atomic mass is 79.9. The number of hydrogen-bond acceptors (Lipinski definition) is 2. The molecule has 3 heteroatoms. The molecule has 2 aliphatic carbocycles. The predicted molar refractivity (Wildman–Crippen MR) is 70.7 cm³/mol. The van der Waals surface area contributed by atoms with Crippen molar-refractivity contribution in [1.82, 2.24) is 0 Å². The van der Waals surface area contributed by atoms with Gasteiger partial charge in [0.05, 0.1) is 6.10 Å². The summed E-state index contributed by atoms with van der Waals surface area (Å²) in [6.45, 7) is 2.10. The van der Waals surface area contributed by atoms with Gasteiger partial charge in [0.2, 0.25) is 0 Å². The van der Waals surface area contributed by atoms with Gasteiger partial charge in [0.25, 0.3) is 0 Å². The molecule has 1 aromatic rings. The minimum absolute atomic E-state index is 0.233. The number of halogens is 1. The van der Waals surface area contributed by atoms with Crippen molar-refractivity contribution < 1.29 is 5.11 Å². The average Bonchev–Trinajstić information content (AvgIpc) is 2.91. The highest BCUT2D eigenvalue weighted by molar-refractivity contribution is 9.10. The normalized spacial score (nSPS) is 34.6. The van der Waals surface area contributed by atoms with Crippen LogP contribution in [0.1, 0.15) is 41.5 Å². The van der Waals surface area contributed by atoms with Crippen LogP contribution in [0.25, 0.3) is 0 Å². The number of fused-ring (bicyclic) bond motifs is 2. The van der Waals surface area contributed by atoms with Gasteiger partial charge < -0.3 is 5.11 Å². The molecule has 2 saturated carbocycles. The van der Waals surface area contributed by atoms with Gasteiger partial charge in [-0.2, -0.15) is 0 Å². The topological polar surface area (TPSA) is 20.2 Å². The zero-order chi connectivity index (χ0) is 11.3. The van der Waals surface area contributed by atoms with Gasteiger partial charge >= 0.3 is 0 Å². The Morgan fingerprint density at radius 2 is 2.25 bits per heavy atom. The van der Waals surface area contributed by atoms with Gasteiger partial charge in [0, 0.05) is 14.2 Å². The van der Waals surface area contributed by atoms with Crippen LogP contribution in [0.2, 0.25) is 0 Å². The zero-order valence-corrected chi connectivity index (χ0v) is 11.9. The van der Waals surface area contributed by atoms with E-state index in [1.807, 2.05) is 0 Å². The first-order valence-corrected chi connectivity index (χ1v) is 7.70. The van der Waals surface area contributed by atoms with Crippen molar-refractivity contribution in [3.8, 4) is 0 Å². The molecule has 0 spiro atoms. The fourth-order valence-electron chi connectivity index (χ4n) is 3.58. The Balaban J connectivity index is 1.82. The van der Waals surface area contributed by atoms with E-state index < -0.39 is 0 Å². The summed E-state index contributed by atoms with van der Waals surface area (Å²) in [7, 11) is 0. The largest absolute Gasteiger partial charge is 0.387 e. The molecule has 4 unspecified atom stereocenters. The summed E-state index contributed by atoms with van der Waals surface area (Å²) in [4.78, 5) is 2.43. The van der Waals surface area contributed by atoms with Crippen molar-refractivity contribution >= 4 is 27.3 Å². The maximum Gasteiger partial charge on any atom is 0.0924 e. The summed E-state index contributed by atoms with van der Waals surface area (Å²) < 4.78 is 1.10. The van der Waals surface area contributed by atoms with Crippen molar-refractivity contribution in [2.45, 2.75) is 38.7 Å². The monoisotopic (exact) mass is 300 g/mol. The van der Waals surface area contributed by atoms with E-state index in [2.05, 4.69) is 28.9 Å². The second-order valence-corrected chi connectivity index (χ2v) is 7.50. The lowest BCUT2D eigenvalue weighted by Gasteiger charge is -2.26. The Hall–Kier alpha value is 0.140. The molecule has 3 rings (SSSR count). The molecule has 1 N–H and O–H groups in total. The summed E-state index contributed by atoms with van der Waals surface area (Å²) in [6, 6.07) is 2.12. The second kappa shape index (κ2) is 4.11. The Bertz CT molecular complexity index is 401. The molecular formula is C13H17BrOS. The van der Waals surface area contributed by atoms with Gasteiger partial charge in [0.15, 0.2) is 0 Å². The molecule has 1 nitrogen and oxygen atoms in total. The van der Waals surface area contributed by atoms with Crippen LogP contribution in [0.3, 0.4) is 0 Å². The predicted octanol–water partition coefficient (Wildman–Crippen LogP) is 4.29. The van der Waals surface area contributed by atoms with Gasteiger partial charge in [-0.1, -0.05) is 6.42 Å². The third kappa shape index (κ3) is 1.77. The first-order valence-electron chi connectivity index (χ1n) is 6.09. The molecule has 0 saturated heterocycles. The van der Waals surface area contributed by atoms with E-state index in [-0.39, 0.29) is 6.10 Å².